The standard InChI is InChI=1S/C15H20N2O3/c1-2-14-15(20-11-19-14)7-12(1)8-16-3-5-17(6-4-16)9-13-10-18-13/h1-2,7,13H,3-6,8-11H2. The van der Waals surface area contributed by atoms with Crippen LogP contribution in [0.4, 0.5) is 0 Å². The molecule has 3 aliphatic rings. The van der Waals surface area contributed by atoms with E-state index in [4.69, 9.17) is 14.2 Å². The van der Waals surface area contributed by atoms with E-state index in [1.165, 1.54) is 5.56 Å². The van der Waals surface area contributed by atoms with Crippen LogP contribution in [0.15, 0.2) is 18.2 Å². The van der Waals surface area contributed by atoms with Gasteiger partial charge in [-0.3, -0.25) is 9.80 Å². The Labute approximate surface area is 119 Å². The highest BCUT2D eigenvalue weighted by molar-refractivity contribution is 5.44. The van der Waals surface area contributed by atoms with Crippen molar-refractivity contribution < 1.29 is 14.2 Å². The highest BCUT2D eigenvalue weighted by Crippen LogP contribution is 2.32. The summed E-state index contributed by atoms with van der Waals surface area (Å²) < 4.78 is 16.1. The Bertz CT molecular complexity index is 482. The van der Waals surface area contributed by atoms with E-state index in [0.29, 0.717) is 12.9 Å². The smallest absolute Gasteiger partial charge is 0.231 e. The van der Waals surface area contributed by atoms with E-state index in [9.17, 15) is 0 Å². The molecule has 0 spiro atoms. The number of epoxide rings is 1. The average Bonchev–Trinajstić information content (AvgIpc) is 3.15. The molecular weight excluding hydrogens is 256 g/mol. The van der Waals surface area contributed by atoms with Crippen LogP contribution >= 0.6 is 0 Å². The van der Waals surface area contributed by atoms with Crippen LogP contribution in [0.1, 0.15) is 5.56 Å². The van der Waals surface area contributed by atoms with Gasteiger partial charge in [0, 0.05) is 39.3 Å². The molecule has 108 valence electrons. The lowest BCUT2D eigenvalue weighted by Gasteiger charge is -2.34. The number of piperazine rings is 1. The number of nitrogens with zero attached hydrogens (tertiary/aromatic N) is 2. The van der Waals surface area contributed by atoms with Gasteiger partial charge in [0.25, 0.3) is 0 Å². The minimum atomic E-state index is 0.348. The zero-order valence-corrected chi connectivity index (χ0v) is 11.6. The van der Waals surface area contributed by atoms with Gasteiger partial charge >= 0.3 is 0 Å². The topological polar surface area (TPSA) is 37.5 Å². The number of hydrogen-bond acceptors (Lipinski definition) is 5. The molecule has 0 saturated carbocycles. The van der Waals surface area contributed by atoms with E-state index in [-0.39, 0.29) is 0 Å². The Kier molecular flexibility index (Phi) is 3.26. The van der Waals surface area contributed by atoms with Gasteiger partial charge < -0.3 is 14.2 Å². The third-order valence-corrected chi connectivity index (χ3v) is 4.17. The number of benzene rings is 1. The van der Waals surface area contributed by atoms with Crippen molar-refractivity contribution in [2.24, 2.45) is 0 Å². The lowest BCUT2D eigenvalue weighted by Crippen LogP contribution is -2.46. The van der Waals surface area contributed by atoms with Crippen LogP contribution in [0.2, 0.25) is 0 Å². The van der Waals surface area contributed by atoms with E-state index >= 15 is 0 Å². The van der Waals surface area contributed by atoms with Crippen LogP contribution < -0.4 is 9.47 Å². The first-order valence-corrected chi connectivity index (χ1v) is 7.32. The summed E-state index contributed by atoms with van der Waals surface area (Å²) in [7, 11) is 0. The fraction of sp³-hybridized carbons (Fsp3) is 0.600. The molecule has 4 rings (SSSR count). The van der Waals surface area contributed by atoms with Crippen LogP contribution in [0.5, 0.6) is 11.5 Å². The molecule has 0 amide bonds. The molecule has 0 bridgehead atoms. The van der Waals surface area contributed by atoms with Gasteiger partial charge in [0.1, 0.15) is 0 Å². The highest BCUT2D eigenvalue weighted by atomic mass is 16.7. The van der Waals surface area contributed by atoms with Crippen LogP contribution in [-0.2, 0) is 11.3 Å². The molecule has 2 saturated heterocycles. The van der Waals surface area contributed by atoms with E-state index in [1.807, 2.05) is 6.07 Å². The summed E-state index contributed by atoms with van der Waals surface area (Å²) in [6.45, 7) is 7.94. The van der Waals surface area contributed by atoms with Crippen molar-refractivity contribution >= 4 is 0 Å². The number of rotatable bonds is 4. The summed E-state index contributed by atoms with van der Waals surface area (Å²) in [5.41, 5.74) is 1.30. The van der Waals surface area contributed by atoms with Gasteiger partial charge in [0.2, 0.25) is 6.79 Å². The first-order chi connectivity index (χ1) is 9.87. The molecule has 1 aromatic rings. The van der Waals surface area contributed by atoms with E-state index in [0.717, 1.165) is 57.4 Å². The number of hydrogen-bond donors (Lipinski definition) is 0. The van der Waals surface area contributed by atoms with Crippen molar-refractivity contribution in [2.75, 3.05) is 46.1 Å². The molecular formula is C15H20N2O3. The summed E-state index contributed by atoms with van der Waals surface area (Å²) >= 11 is 0. The summed E-state index contributed by atoms with van der Waals surface area (Å²) in [4.78, 5) is 5.01. The number of fused-ring (bicyclic) bond motifs is 1. The third kappa shape index (κ3) is 2.75. The van der Waals surface area contributed by atoms with Crippen molar-refractivity contribution in [3.05, 3.63) is 23.8 Å². The lowest BCUT2D eigenvalue weighted by atomic mass is 10.1. The van der Waals surface area contributed by atoms with Crippen molar-refractivity contribution in [1.29, 1.82) is 0 Å². The zero-order chi connectivity index (χ0) is 13.4. The molecule has 1 unspecified atom stereocenters. The van der Waals surface area contributed by atoms with E-state index in [1.54, 1.807) is 0 Å². The largest absolute Gasteiger partial charge is 0.454 e. The van der Waals surface area contributed by atoms with Gasteiger partial charge in [-0.2, -0.15) is 0 Å². The van der Waals surface area contributed by atoms with Gasteiger partial charge in [0.15, 0.2) is 11.5 Å². The molecule has 0 aromatic heterocycles. The van der Waals surface area contributed by atoms with Crippen molar-refractivity contribution in [2.45, 2.75) is 12.6 Å². The molecule has 20 heavy (non-hydrogen) atoms. The van der Waals surface area contributed by atoms with Crippen LogP contribution in [0, 0.1) is 0 Å². The molecule has 0 aliphatic carbocycles. The summed E-state index contributed by atoms with van der Waals surface area (Å²) in [6.07, 6.45) is 0.510. The highest BCUT2D eigenvalue weighted by Gasteiger charge is 2.27. The molecule has 5 nitrogen and oxygen atoms in total. The minimum Gasteiger partial charge on any atom is -0.454 e. The molecule has 2 fully saturated rings. The summed E-state index contributed by atoms with van der Waals surface area (Å²) in [6, 6.07) is 6.25. The van der Waals surface area contributed by atoms with E-state index in [2.05, 4.69) is 21.9 Å². The zero-order valence-electron chi connectivity index (χ0n) is 11.6. The van der Waals surface area contributed by atoms with Crippen LogP contribution in [0.25, 0.3) is 0 Å². The molecule has 1 aromatic carbocycles. The Balaban J connectivity index is 1.31. The maximum atomic E-state index is 5.43. The van der Waals surface area contributed by atoms with Gasteiger partial charge in [-0.1, -0.05) is 6.07 Å². The third-order valence-electron chi connectivity index (χ3n) is 4.17. The van der Waals surface area contributed by atoms with Gasteiger partial charge in [-0.25, -0.2) is 0 Å². The second kappa shape index (κ2) is 5.24. The molecule has 0 N–H and O–H groups in total. The van der Waals surface area contributed by atoms with Crippen LogP contribution in [-0.4, -0.2) is 62.0 Å². The second-order valence-corrected chi connectivity index (χ2v) is 5.72. The Hall–Kier alpha value is -1.30. The predicted molar refractivity (Wildman–Crippen MR) is 74.0 cm³/mol. The van der Waals surface area contributed by atoms with Gasteiger partial charge in [0.05, 0.1) is 12.7 Å². The summed E-state index contributed by atoms with van der Waals surface area (Å²) in [5, 5.41) is 0. The average molecular weight is 276 g/mol. The van der Waals surface area contributed by atoms with Crippen molar-refractivity contribution in [3.8, 4) is 11.5 Å². The summed E-state index contributed by atoms with van der Waals surface area (Å²) in [5.74, 6) is 1.75. The van der Waals surface area contributed by atoms with Crippen LogP contribution in [0.3, 0.4) is 0 Å². The number of ether oxygens (including phenoxy) is 3. The monoisotopic (exact) mass is 276 g/mol. The SMILES string of the molecule is c1cc2c(cc1CN1CCN(CC3CO3)CC1)OCO2. The van der Waals surface area contributed by atoms with Crippen molar-refractivity contribution in [3.63, 3.8) is 0 Å². The second-order valence-electron chi connectivity index (χ2n) is 5.72. The molecule has 5 heteroatoms. The quantitative estimate of drug-likeness (QED) is 0.765. The molecule has 1 atom stereocenters. The Morgan fingerprint density at radius 2 is 1.75 bits per heavy atom. The fourth-order valence-electron chi connectivity index (χ4n) is 2.89. The molecule has 3 aliphatic heterocycles. The first kappa shape index (κ1) is 12.4. The normalized spacial score (nSPS) is 25.9. The maximum Gasteiger partial charge on any atom is 0.231 e. The first-order valence-electron chi connectivity index (χ1n) is 7.32. The van der Waals surface area contributed by atoms with Gasteiger partial charge in [-0.15, -0.1) is 0 Å². The van der Waals surface area contributed by atoms with E-state index < -0.39 is 0 Å². The van der Waals surface area contributed by atoms with Crippen molar-refractivity contribution in [1.82, 2.24) is 9.80 Å². The molecule has 3 heterocycles. The minimum absolute atomic E-state index is 0.348. The molecule has 0 radical (unpaired) electrons. The lowest BCUT2D eigenvalue weighted by molar-refractivity contribution is 0.120. The maximum absolute atomic E-state index is 5.43. The Morgan fingerprint density at radius 3 is 2.55 bits per heavy atom. The Morgan fingerprint density at radius 1 is 1.00 bits per heavy atom. The van der Waals surface area contributed by atoms with Gasteiger partial charge in [-0.05, 0) is 17.7 Å². The predicted octanol–water partition coefficient (Wildman–Crippen LogP) is 0.932. The fourth-order valence-corrected chi connectivity index (χ4v) is 2.89.